The molecule has 5 heteroatoms. The highest BCUT2D eigenvalue weighted by Crippen LogP contribution is 2.43. The molecule has 5 nitrogen and oxygen atoms in total. The number of benzene rings is 1. The van der Waals surface area contributed by atoms with Crippen molar-refractivity contribution in [3.63, 3.8) is 0 Å². The second-order valence-corrected chi connectivity index (χ2v) is 5.52. The van der Waals surface area contributed by atoms with Crippen molar-refractivity contribution in [3.8, 4) is 17.2 Å². The Hall–Kier alpha value is -1.46. The molecule has 0 radical (unpaired) electrons. The largest absolute Gasteiger partial charge is 0.493 e. The van der Waals surface area contributed by atoms with Crippen LogP contribution in [0.25, 0.3) is 0 Å². The summed E-state index contributed by atoms with van der Waals surface area (Å²) in [6, 6.07) is 4.37. The van der Waals surface area contributed by atoms with Gasteiger partial charge in [0.2, 0.25) is 5.75 Å². The molecule has 0 amide bonds. The molecule has 2 rings (SSSR count). The van der Waals surface area contributed by atoms with Crippen molar-refractivity contribution in [2.45, 2.75) is 18.9 Å². The van der Waals surface area contributed by atoms with Crippen LogP contribution in [0.5, 0.6) is 17.2 Å². The smallest absolute Gasteiger partial charge is 0.203 e. The number of likely N-dealkylation sites (tertiary alicyclic amines) is 1. The third-order valence-corrected chi connectivity index (χ3v) is 4.34. The van der Waals surface area contributed by atoms with Crippen LogP contribution in [0.2, 0.25) is 0 Å². The van der Waals surface area contributed by atoms with E-state index in [2.05, 4.69) is 11.9 Å². The van der Waals surface area contributed by atoms with E-state index in [-0.39, 0.29) is 6.04 Å². The van der Waals surface area contributed by atoms with Crippen molar-refractivity contribution < 1.29 is 14.2 Å². The van der Waals surface area contributed by atoms with Gasteiger partial charge >= 0.3 is 0 Å². The molecule has 2 unspecified atom stereocenters. The monoisotopic (exact) mass is 294 g/mol. The van der Waals surface area contributed by atoms with Crippen LogP contribution in [0, 0.1) is 5.92 Å². The Labute approximate surface area is 127 Å². The van der Waals surface area contributed by atoms with Gasteiger partial charge in [0.05, 0.1) is 21.3 Å². The first-order valence-electron chi connectivity index (χ1n) is 7.36. The van der Waals surface area contributed by atoms with Gasteiger partial charge in [0.25, 0.3) is 0 Å². The quantitative estimate of drug-likeness (QED) is 0.901. The summed E-state index contributed by atoms with van der Waals surface area (Å²) in [6.45, 7) is 1.77. The standard InChI is InChI=1S/C16H26N2O3/c1-18-7-5-6-11(10-17)15(18)12-8-13(19-2)16(21-4)14(9-12)20-3/h8-9,11,15H,5-7,10,17H2,1-4H3. The predicted octanol–water partition coefficient (Wildman–Crippen LogP) is 2.05. The molecule has 1 aromatic carbocycles. The number of hydrogen-bond donors (Lipinski definition) is 1. The molecule has 1 aromatic rings. The molecule has 1 fully saturated rings. The summed E-state index contributed by atoms with van der Waals surface area (Å²) in [4.78, 5) is 2.36. The molecule has 1 heterocycles. The molecular formula is C16H26N2O3. The van der Waals surface area contributed by atoms with Crippen LogP contribution in [0.15, 0.2) is 12.1 Å². The second kappa shape index (κ2) is 7.00. The minimum Gasteiger partial charge on any atom is -0.493 e. The minimum atomic E-state index is 0.289. The molecule has 0 aliphatic carbocycles. The Morgan fingerprint density at radius 1 is 1.14 bits per heavy atom. The zero-order valence-electron chi connectivity index (χ0n) is 13.4. The van der Waals surface area contributed by atoms with Gasteiger partial charge in [-0.05, 0) is 56.6 Å². The highest BCUT2D eigenvalue weighted by atomic mass is 16.5. The minimum absolute atomic E-state index is 0.289. The van der Waals surface area contributed by atoms with Gasteiger partial charge in [-0.25, -0.2) is 0 Å². The number of methoxy groups -OCH3 is 3. The Morgan fingerprint density at radius 3 is 2.24 bits per heavy atom. The Kier molecular flexibility index (Phi) is 5.31. The lowest BCUT2D eigenvalue weighted by molar-refractivity contribution is 0.125. The molecular weight excluding hydrogens is 268 g/mol. The lowest BCUT2D eigenvalue weighted by Gasteiger charge is -2.39. The van der Waals surface area contributed by atoms with E-state index < -0.39 is 0 Å². The Bertz CT molecular complexity index is 454. The fraction of sp³-hybridized carbons (Fsp3) is 0.625. The molecule has 118 valence electrons. The topological polar surface area (TPSA) is 57.0 Å². The molecule has 1 saturated heterocycles. The van der Waals surface area contributed by atoms with E-state index in [1.54, 1.807) is 21.3 Å². The highest BCUT2D eigenvalue weighted by Gasteiger charge is 2.31. The van der Waals surface area contributed by atoms with Gasteiger partial charge in [-0.15, -0.1) is 0 Å². The fourth-order valence-corrected chi connectivity index (χ4v) is 3.31. The van der Waals surface area contributed by atoms with Crippen molar-refractivity contribution in [1.29, 1.82) is 0 Å². The van der Waals surface area contributed by atoms with Crippen LogP contribution in [0.3, 0.4) is 0 Å². The third-order valence-electron chi connectivity index (χ3n) is 4.34. The number of nitrogens with two attached hydrogens (primary N) is 1. The van der Waals surface area contributed by atoms with Gasteiger partial charge in [-0.1, -0.05) is 0 Å². The van der Waals surface area contributed by atoms with Crippen molar-refractivity contribution in [3.05, 3.63) is 17.7 Å². The average Bonchev–Trinajstić information content (AvgIpc) is 2.52. The maximum atomic E-state index is 5.98. The number of rotatable bonds is 5. The van der Waals surface area contributed by atoms with Crippen molar-refractivity contribution in [1.82, 2.24) is 4.90 Å². The number of ether oxygens (including phenoxy) is 3. The molecule has 21 heavy (non-hydrogen) atoms. The van der Waals surface area contributed by atoms with E-state index in [9.17, 15) is 0 Å². The zero-order chi connectivity index (χ0) is 15.4. The summed E-state index contributed by atoms with van der Waals surface area (Å²) in [5.41, 5.74) is 7.15. The van der Waals surface area contributed by atoms with E-state index in [1.807, 2.05) is 12.1 Å². The van der Waals surface area contributed by atoms with Gasteiger partial charge in [0, 0.05) is 6.04 Å². The second-order valence-electron chi connectivity index (χ2n) is 5.52. The van der Waals surface area contributed by atoms with E-state index in [4.69, 9.17) is 19.9 Å². The van der Waals surface area contributed by atoms with E-state index in [1.165, 1.54) is 12.0 Å². The molecule has 1 aliphatic heterocycles. The average molecular weight is 294 g/mol. The van der Waals surface area contributed by atoms with Gasteiger partial charge < -0.3 is 19.9 Å². The first-order valence-corrected chi connectivity index (χ1v) is 7.36. The van der Waals surface area contributed by atoms with Gasteiger partial charge in [0.1, 0.15) is 0 Å². The fourth-order valence-electron chi connectivity index (χ4n) is 3.31. The normalized spacial score (nSPS) is 22.9. The lowest BCUT2D eigenvalue weighted by atomic mass is 9.85. The van der Waals surface area contributed by atoms with Crippen LogP contribution in [-0.4, -0.2) is 46.4 Å². The summed E-state index contributed by atoms with van der Waals surface area (Å²) in [6.07, 6.45) is 2.35. The summed E-state index contributed by atoms with van der Waals surface area (Å²) in [7, 11) is 7.06. The SMILES string of the molecule is COc1cc(C2C(CN)CCCN2C)cc(OC)c1OC. The van der Waals surface area contributed by atoms with Crippen LogP contribution in [-0.2, 0) is 0 Å². The van der Waals surface area contributed by atoms with Gasteiger partial charge in [-0.3, -0.25) is 4.90 Å². The van der Waals surface area contributed by atoms with Crippen LogP contribution in [0.1, 0.15) is 24.4 Å². The first-order chi connectivity index (χ1) is 10.2. The van der Waals surface area contributed by atoms with Crippen LogP contribution >= 0.6 is 0 Å². The van der Waals surface area contributed by atoms with E-state index >= 15 is 0 Å². The number of piperidine rings is 1. The molecule has 0 spiro atoms. The van der Waals surface area contributed by atoms with Crippen molar-refractivity contribution in [2.24, 2.45) is 11.7 Å². The first kappa shape index (κ1) is 15.9. The Balaban J connectivity index is 2.46. The lowest BCUT2D eigenvalue weighted by Crippen LogP contribution is -2.39. The summed E-state index contributed by atoms with van der Waals surface area (Å²) in [5, 5.41) is 0. The van der Waals surface area contributed by atoms with Gasteiger partial charge in [-0.2, -0.15) is 0 Å². The highest BCUT2D eigenvalue weighted by molar-refractivity contribution is 5.54. The molecule has 1 aliphatic rings. The summed E-state index contributed by atoms with van der Waals surface area (Å²) < 4.78 is 16.3. The Morgan fingerprint density at radius 2 is 1.76 bits per heavy atom. The van der Waals surface area contributed by atoms with Crippen molar-refractivity contribution >= 4 is 0 Å². The van der Waals surface area contributed by atoms with Crippen LogP contribution < -0.4 is 19.9 Å². The third kappa shape index (κ3) is 3.09. The maximum Gasteiger partial charge on any atom is 0.203 e. The van der Waals surface area contributed by atoms with Crippen molar-refractivity contribution in [2.75, 3.05) is 41.5 Å². The number of nitrogens with zero attached hydrogens (tertiary/aromatic N) is 1. The predicted molar refractivity (Wildman–Crippen MR) is 83.2 cm³/mol. The molecule has 0 aromatic heterocycles. The maximum absolute atomic E-state index is 5.98. The summed E-state index contributed by atoms with van der Waals surface area (Å²) >= 11 is 0. The molecule has 0 bridgehead atoms. The van der Waals surface area contributed by atoms with E-state index in [0.29, 0.717) is 29.7 Å². The van der Waals surface area contributed by atoms with Crippen LogP contribution in [0.4, 0.5) is 0 Å². The molecule has 0 saturated carbocycles. The zero-order valence-corrected chi connectivity index (χ0v) is 13.4. The number of hydrogen-bond acceptors (Lipinski definition) is 5. The molecule has 2 N–H and O–H groups in total. The van der Waals surface area contributed by atoms with E-state index in [0.717, 1.165) is 13.0 Å². The molecule has 2 atom stereocenters. The van der Waals surface area contributed by atoms with Gasteiger partial charge in [0.15, 0.2) is 11.5 Å². The summed E-state index contributed by atoms with van der Waals surface area (Å²) in [5.74, 6) is 2.47.